The largest absolute Gasteiger partial charge is 0.390 e. The van der Waals surface area contributed by atoms with E-state index in [1.54, 1.807) is 74.5 Å². The molecule has 0 aromatic rings. The van der Waals surface area contributed by atoms with Gasteiger partial charge in [0.2, 0.25) is 65.0 Å². The molecule has 24 nitrogen and oxygen atoms in total. The molecule has 1 heterocycles. The number of ether oxygens (including phenoxy) is 1. The molecule has 1 rings (SSSR count). The number of nitrogens with one attached hydrogen (secondary N) is 4. The Balaban J connectivity index is 4.53. The lowest BCUT2D eigenvalue weighted by atomic mass is 9.93. The molecular formula is C66H117N11O13. The highest BCUT2D eigenvalue weighted by Crippen LogP contribution is 2.26. The molecule has 1 aliphatic heterocycles. The Morgan fingerprint density at radius 3 is 1.39 bits per heavy atom. The number of aliphatic hydroxyl groups excluding tert-OH is 1. The Morgan fingerprint density at radius 2 is 0.933 bits per heavy atom. The molecule has 514 valence electrons. The fraction of sp³-hybridized carbons (Fsp3) is 0.773. The van der Waals surface area contributed by atoms with Crippen LogP contribution >= 0.6 is 0 Å². The molecule has 24 heteroatoms. The number of carbonyl (C=O) groups excluding carboxylic acids is 11. The van der Waals surface area contributed by atoms with Crippen molar-refractivity contribution in [2.75, 3.05) is 55.4 Å². The second-order valence-corrected chi connectivity index (χ2v) is 26.5. The summed E-state index contributed by atoms with van der Waals surface area (Å²) in [6.45, 7) is 34.8. The quantitative estimate of drug-likeness (QED) is 0.115. The molecule has 90 heavy (non-hydrogen) atoms. The molecule has 0 saturated carbocycles. The normalized spacial score (nSPS) is 27.2. The molecule has 11 amide bonds. The van der Waals surface area contributed by atoms with Crippen LogP contribution < -0.4 is 21.3 Å². The zero-order valence-corrected chi connectivity index (χ0v) is 59.0. The van der Waals surface area contributed by atoms with Crippen LogP contribution in [-0.2, 0) is 57.5 Å². The van der Waals surface area contributed by atoms with Crippen molar-refractivity contribution in [1.29, 1.82) is 0 Å². The standard InChI is InChI=1S/C66H117N11O13/c1-26-31-42(16)55(78)54-59(82)69-46(29-4)61(84)77(32-27-2)47(30-5)62(85)75(24)53(45(19)90-33-28-3)58(81)70-51(40(12)13)65(88)71(20)48(34-37(6)7)57(80)67-43(17)56(79)68-44(18)60(83)72(21)49(35-38(8)9)63(86)73(22)50(36-39(10)11)64(87)74(23)52(41(14)15)66(89)76(54)25/h26,28,31,37-55,78H,3,27,29-30,32-36H2,1-2,4-25H3,(H,67,80)(H,68,79)(H,69,82)(H,70,81)/b31-26+/t42-,43+,44-,45-,46+,47-,48+,49+,50+,51+,52+,53?,54+,55-/m1/s1. The summed E-state index contributed by atoms with van der Waals surface area (Å²) < 4.78 is 6.01. The molecule has 0 aliphatic carbocycles. The molecule has 0 spiro atoms. The highest BCUT2D eigenvalue weighted by molar-refractivity contribution is 6.00. The monoisotopic (exact) mass is 1270 g/mol. The average molecular weight is 1270 g/mol. The summed E-state index contributed by atoms with van der Waals surface area (Å²) in [6.07, 6.45) is 3.04. The molecule has 1 aliphatic rings. The fourth-order valence-corrected chi connectivity index (χ4v) is 11.6. The van der Waals surface area contributed by atoms with Gasteiger partial charge >= 0.3 is 0 Å². The summed E-state index contributed by atoms with van der Waals surface area (Å²) >= 11 is 0. The SMILES string of the molecule is C=CCO[C@H](C)C1C(=O)N[C@@H](C(C)C)C(=O)N(C)[C@@H](CC(C)C)C(=O)N[C@@H](C)C(=O)N[C@H](C)C(=O)N(C)[C@@H](CC(C)C)C(=O)N(C)[C@@H](CC(C)C)C(=O)N(C)[C@@H](C(C)C)C(=O)N(C)[C@@H]([C@H](O)[C@H](C)/C=C/C)C(=O)N[C@@H](CC)C(=O)N(CCC)[C@H](CC)C(=O)N1C. The van der Waals surface area contributed by atoms with Gasteiger partial charge in [-0.05, 0) is 95.8 Å². The maximum Gasteiger partial charge on any atom is 0.246 e. The van der Waals surface area contributed by atoms with Crippen LogP contribution in [0, 0.1) is 35.5 Å². The van der Waals surface area contributed by atoms with E-state index in [4.69, 9.17) is 4.74 Å². The Morgan fingerprint density at radius 1 is 0.489 bits per heavy atom. The zero-order valence-electron chi connectivity index (χ0n) is 59.0. The smallest absolute Gasteiger partial charge is 0.246 e. The topological polar surface area (TPSA) is 288 Å². The van der Waals surface area contributed by atoms with Crippen LogP contribution in [0.3, 0.4) is 0 Å². The van der Waals surface area contributed by atoms with E-state index < -0.39 is 161 Å². The molecular weight excluding hydrogens is 1150 g/mol. The Labute approximate surface area is 538 Å². The Kier molecular flexibility index (Phi) is 34.3. The predicted molar refractivity (Wildman–Crippen MR) is 348 cm³/mol. The van der Waals surface area contributed by atoms with Crippen molar-refractivity contribution in [3.8, 4) is 0 Å². The van der Waals surface area contributed by atoms with Gasteiger partial charge in [-0.25, -0.2) is 0 Å². The van der Waals surface area contributed by atoms with Gasteiger partial charge in [0.05, 0.1) is 18.8 Å². The van der Waals surface area contributed by atoms with Gasteiger partial charge in [0, 0.05) is 54.7 Å². The number of nitrogens with zero attached hydrogens (tertiary/aromatic N) is 7. The van der Waals surface area contributed by atoms with Crippen molar-refractivity contribution in [3.63, 3.8) is 0 Å². The predicted octanol–water partition coefficient (Wildman–Crippen LogP) is 3.98. The van der Waals surface area contributed by atoms with Crippen LogP contribution in [0.4, 0.5) is 0 Å². The van der Waals surface area contributed by atoms with E-state index in [-0.39, 0.29) is 63.0 Å². The van der Waals surface area contributed by atoms with Crippen LogP contribution in [0.15, 0.2) is 24.8 Å². The van der Waals surface area contributed by atoms with E-state index in [0.717, 1.165) is 4.90 Å². The molecule has 0 bridgehead atoms. The van der Waals surface area contributed by atoms with Crippen molar-refractivity contribution in [3.05, 3.63) is 24.8 Å². The number of hydrogen-bond donors (Lipinski definition) is 5. The molecule has 5 N–H and O–H groups in total. The van der Waals surface area contributed by atoms with E-state index in [0.29, 0.717) is 6.42 Å². The van der Waals surface area contributed by atoms with E-state index in [2.05, 4.69) is 27.8 Å². The van der Waals surface area contributed by atoms with Gasteiger partial charge in [-0.15, -0.1) is 6.58 Å². The number of rotatable bonds is 19. The van der Waals surface area contributed by atoms with Crippen LogP contribution in [0.2, 0.25) is 0 Å². The first kappa shape index (κ1) is 81.6. The van der Waals surface area contributed by atoms with Gasteiger partial charge in [0.1, 0.15) is 66.5 Å². The van der Waals surface area contributed by atoms with Gasteiger partial charge in [0.15, 0.2) is 0 Å². The van der Waals surface area contributed by atoms with Crippen LogP contribution in [0.25, 0.3) is 0 Å². The molecule has 1 fully saturated rings. The molecule has 0 aromatic heterocycles. The summed E-state index contributed by atoms with van der Waals surface area (Å²) in [5, 5.41) is 23.2. The minimum absolute atomic E-state index is 0.00324. The van der Waals surface area contributed by atoms with Crippen LogP contribution in [0.1, 0.15) is 163 Å². The van der Waals surface area contributed by atoms with E-state index in [1.165, 1.54) is 91.6 Å². The number of carbonyl (C=O) groups is 11. The zero-order chi connectivity index (χ0) is 69.7. The second kappa shape index (κ2) is 37.8. The summed E-state index contributed by atoms with van der Waals surface area (Å²) in [7, 11) is 8.49. The third-order valence-corrected chi connectivity index (χ3v) is 16.9. The van der Waals surface area contributed by atoms with Crippen molar-refractivity contribution < 1.29 is 62.6 Å². The molecule has 0 radical (unpaired) electrons. The van der Waals surface area contributed by atoms with Gasteiger partial charge in [-0.2, -0.15) is 0 Å². The number of amides is 11. The van der Waals surface area contributed by atoms with E-state index >= 15 is 28.8 Å². The number of hydrogen-bond acceptors (Lipinski definition) is 13. The molecule has 1 saturated heterocycles. The molecule has 1 unspecified atom stereocenters. The number of likely N-dealkylation sites (N-methyl/N-ethyl adjacent to an activating group) is 6. The second-order valence-electron chi connectivity index (χ2n) is 26.5. The van der Waals surface area contributed by atoms with Gasteiger partial charge < -0.3 is 65.4 Å². The van der Waals surface area contributed by atoms with E-state index in [1.807, 2.05) is 48.5 Å². The maximum absolute atomic E-state index is 15.3. The third-order valence-electron chi connectivity index (χ3n) is 16.9. The van der Waals surface area contributed by atoms with Crippen molar-refractivity contribution in [2.45, 2.75) is 242 Å². The summed E-state index contributed by atoms with van der Waals surface area (Å²) in [5.74, 6) is -10.1. The lowest BCUT2D eigenvalue weighted by molar-refractivity contribution is -0.157. The first-order valence-corrected chi connectivity index (χ1v) is 32.4. The van der Waals surface area contributed by atoms with Crippen molar-refractivity contribution in [1.82, 2.24) is 55.6 Å². The highest BCUT2D eigenvalue weighted by atomic mass is 16.5. The Hall–Kier alpha value is -6.43. The van der Waals surface area contributed by atoms with Gasteiger partial charge in [-0.1, -0.05) is 115 Å². The Bertz CT molecular complexity index is 2470. The molecule has 0 aromatic carbocycles. The number of aliphatic hydroxyl groups is 1. The fourth-order valence-electron chi connectivity index (χ4n) is 11.6. The average Bonchev–Trinajstić information content (AvgIpc) is 0.884. The number of allylic oxidation sites excluding steroid dienone is 1. The van der Waals surface area contributed by atoms with Crippen molar-refractivity contribution in [2.24, 2.45) is 35.5 Å². The lowest BCUT2D eigenvalue weighted by Crippen LogP contribution is -2.64. The first-order valence-electron chi connectivity index (χ1n) is 32.4. The minimum atomic E-state index is -1.66. The third kappa shape index (κ3) is 21.9. The summed E-state index contributed by atoms with van der Waals surface area (Å²) in [4.78, 5) is 172. The van der Waals surface area contributed by atoms with Gasteiger partial charge in [-0.3, -0.25) is 52.7 Å². The minimum Gasteiger partial charge on any atom is -0.390 e. The maximum atomic E-state index is 15.3. The van der Waals surface area contributed by atoms with Gasteiger partial charge in [0.25, 0.3) is 0 Å². The lowest BCUT2D eigenvalue weighted by Gasteiger charge is -2.41. The van der Waals surface area contributed by atoms with Crippen LogP contribution in [-0.4, -0.2) is 238 Å². The first-order chi connectivity index (χ1) is 41.8. The summed E-state index contributed by atoms with van der Waals surface area (Å²) in [6, 6.07) is -14.2. The van der Waals surface area contributed by atoms with Crippen LogP contribution in [0.5, 0.6) is 0 Å². The van der Waals surface area contributed by atoms with E-state index in [9.17, 15) is 29.1 Å². The molecule has 14 atom stereocenters. The van der Waals surface area contributed by atoms with Crippen molar-refractivity contribution >= 4 is 65.0 Å². The highest BCUT2D eigenvalue weighted by Gasteiger charge is 2.47. The summed E-state index contributed by atoms with van der Waals surface area (Å²) in [5.41, 5.74) is 0.